The van der Waals surface area contributed by atoms with Crippen molar-refractivity contribution in [2.24, 2.45) is 0 Å². The van der Waals surface area contributed by atoms with Gasteiger partial charge in [0.1, 0.15) is 5.69 Å². The predicted octanol–water partition coefficient (Wildman–Crippen LogP) is 2.25. The fraction of sp³-hybridized carbons (Fsp3) is 0.333. The van der Waals surface area contributed by atoms with Crippen LogP contribution in [0.25, 0.3) is 0 Å². The minimum Gasteiger partial charge on any atom is -0.493 e. The first-order valence-electron chi connectivity index (χ1n) is 7.96. The van der Waals surface area contributed by atoms with Crippen molar-refractivity contribution in [3.63, 3.8) is 0 Å². The second-order valence-corrected chi connectivity index (χ2v) is 5.85. The first-order chi connectivity index (χ1) is 12.0. The van der Waals surface area contributed by atoms with E-state index in [0.29, 0.717) is 30.2 Å². The third-order valence-electron chi connectivity index (χ3n) is 4.46. The summed E-state index contributed by atoms with van der Waals surface area (Å²) in [6.45, 7) is 0.443. The quantitative estimate of drug-likeness (QED) is 0.868. The molecule has 0 spiro atoms. The molecule has 132 valence electrons. The number of fused-ring (bicyclic) bond motifs is 1. The Balaban J connectivity index is 2.04. The molecule has 1 aromatic carbocycles. The lowest BCUT2D eigenvalue weighted by Crippen LogP contribution is -2.41. The molecule has 7 nitrogen and oxygen atoms in total. The summed E-state index contributed by atoms with van der Waals surface area (Å²) in [5.74, 6) is -0.0566. The van der Waals surface area contributed by atoms with Crippen molar-refractivity contribution < 1.29 is 24.2 Å². The maximum atomic E-state index is 12.8. The van der Waals surface area contributed by atoms with Crippen LogP contribution >= 0.6 is 0 Å². The number of aromatic amines is 1. The first-order valence-corrected chi connectivity index (χ1v) is 7.96. The van der Waals surface area contributed by atoms with Crippen molar-refractivity contribution in [2.75, 3.05) is 20.8 Å². The molecule has 0 saturated carbocycles. The van der Waals surface area contributed by atoms with Gasteiger partial charge >= 0.3 is 5.97 Å². The molecule has 2 aromatic rings. The number of aliphatic carboxylic acids is 1. The highest BCUT2D eigenvalue weighted by Crippen LogP contribution is 2.39. The number of hydrogen-bond donors (Lipinski definition) is 2. The number of aromatic nitrogens is 1. The number of benzene rings is 1. The Hall–Kier alpha value is -2.96. The normalized spacial score (nSPS) is 16.2. The first kappa shape index (κ1) is 16.9. The Labute approximate surface area is 145 Å². The summed E-state index contributed by atoms with van der Waals surface area (Å²) in [6.07, 6.45) is 2.12. The second kappa shape index (κ2) is 6.88. The molecular formula is C18H20N2O5. The summed E-state index contributed by atoms with van der Waals surface area (Å²) in [7, 11) is 3.09. The molecule has 3 rings (SSSR count). The van der Waals surface area contributed by atoms with Gasteiger partial charge in [-0.3, -0.25) is 9.59 Å². The molecule has 0 aliphatic carbocycles. The van der Waals surface area contributed by atoms with Crippen LogP contribution in [0.15, 0.2) is 30.5 Å². The minimum absolute atomic E-state index is 0.172. The number of ether oxygens (including phenoxy) is 2. The number of nitrogens with zero attached hydrogens (tertiary/aromatic N) is 1. The maximum Gasteiger partial charge on any atom is 0.305 e. The van der Waals surface area contributed by atoms with E-state index in [9.17, 15) is 14.7 Å². The van der Waals surface area contributed by atoms with E-state index >= 15 is 0 Å². The number of nitrogens with one attached hydrogen (secondary N) is 1. The monoisotopic (exact) mass is 344 g/mol. The number of hydrogen-bond acceptors (Lipinski definition) is 4. The zero-order chi connectivity index (χ0) is 18.0. The number of carbonyl (C=O) groups is 2. The van der Waals surface area contributed by atoms with Gasteiger partial charge in [0, 0.05) is 12.7 Å². The molecule has 1 unspecified atom stereocenters. The van der Waals surface area contributed by atoms with Crippen LogP contribution in [0, 0.1) is 0 Å². The average molecular weight is 344 g/mol. The van der Waals surface area contributed by atoms with E-state index in [1.807, 2.05) is 6.07 Å². The van der Waals surface area contributed by atoms with Crippen LogP contribution in [0.2, 0.25) is 0 Å². The van der Waals surface area contributed by atoms with Crippen LogP contribution in [0.4, 0.5) is 0 Å². The Kier molecular flexibility index (Phi) is 4.65. The molecule has 2 N–H and O–H groups in total. The van der Waals surface area contributed by atoms with Gasteiger partial charge in [-0.15, -0.1) is 0 Å². The lowest BCUT2D eigenvalue weighted by Gasteiger charge is -2.37. The molecule has 2 heterocycles. The molecule has 0 saturated heterocycles. The summed E-state index contributed by atoms with van der Waals surface area (Å²) in [5, 5.41) is 9.35. The van der Waals surface area contributed by atoms with E-state index in [1.165, 1.54) is 7.11 Å². The van der Waals surface area contributed by atoms with Gasteiger partial charge in [-0.25, -0.2) is 0 Å². The van der Waals surface area contributed by atoms with Gasteiger partial charge in [-0.2, -0.15) is 0 Å². The smallest absolute Gasteiger partial charge is 0.305 e. The topological polar surface area (TPSA) is 91.9 Å². The zero-order valence-electron chi connectivity index (χ0n) is 14.1. The molecule has 1 aromatic heterocycles. The van der Waals surface area contributed by atoms with E-state index in [0.717, 1.165) is 11.1 Å². The number of carboxylic acids is 1. The van der Waals surface area contributed by atoms with Crippen molar-refractivity contribution in [1.29, 1.82) is 0 Å². The van der Waals surface area contributed by atoms with Crippen LogP contribution in [0.5, 0.6) is 11.5 Å². The van der Waals surface area contributed by atoms with Gasteiger partial charge < -0.3 is 24.5 Å². The van der Waals surface area contributed by atoms with Crippen molar-refractivity contribution in [1.82, 2.24) is 9.88 Å². The van der Waals surface area contributed by atoms with Gasteiger partial charge in [0.15, 0.2) is 11.5 Å². The fourth-order valence-electron chi connectivity index (χ4n) is 3.27. The number of H-pyrrole nitrogens is 1. The molecule has 7 heteroatoms. The van der Waals surface area contributed by atoms with Gasteiger partial charge in [-0.1, -0.05) is 0 Å². The van der Waals surface area contributed by atoms with Crippen LogP contribution in [0.3, 0.4) is 0 Å². The average Bonchev–Trinajstić information content (AvgIpc) is 3.14. The van der Waals surface area contributed by atoms with Crippen LogP contribution < -0.4 is 9.47 Å². The Morgan fingerprint density at radius 2 is 2.00 bits per heavy atom. The van der Waals surface area contributed by atoms with Crippen molar-refractivity contribution in [2.45, 2.75) is 18.9 Å². The number of carbonyl (C=O) groups excluding carboxylic acids is 1. The summed E-state index contributed by atoms with van der Waals surface area (Å²) in [6, 6.07) is 6.50. The molecule has 1 atom stereocenters. The predicted molar refractivity (Wildman–Crippen MR) is 90.1 cm³/mol. The molecule has 1 aliphatic heterocycles. The highest BCUT2D eigenvalue weighted by molar-refractivity contribution is 5.93. The Bertz CT molecular complexity index is 785. The zero-order valence-corrected chi connectivity index (χ0v) is 14.1. The third-order valence-corrected chi connectivity index (χ3v) is 4.46. The molecule has 1 aliphatic rings. The molecule has 0 radical (unpaired) electrons. The molecule has 0 fully saturated rings. The van der Waals surface area contributed by atoms with Gasteiger partial charge in [-0.05, 0) is 41.8 Å². The lowest BCUT2D eigenvalue weighted by molar-refractivity contribution is -0.138. The van der Waals surface area contributed by atoms with Gasteiger partial charge in [0.25, 0.3) is 5.91 Å². The standard InChI is InChI=1S/C18H20N2O5/c1-24-15-8-11-5-7-20(18(23)13-4-3-6-19-13)14(10-17(21)22)12(11)9-16(15)25-2/h3-4,6,8-9,14,19H,5,7,10H2,1-2H3,(H,21,22). The van der Waals surface area contributed by atoms with Crippen LogP contribution in [0.1, 0.15) is 34.1 Å². The summed E-state index contributed by atoms with van der Waals surface area (Å²) in [5.41, 5.74) is 2.20. The largest absolute Gasteiger partial charge is 0.493 e. The van der Waals surface area contributed by atoms with Gasteiger partial charge in [0.2, 0.25) is 0 Å². The number of rotatable bonds is 5. The Morgan fingerprint density at radius 1 is 1.28 bits per heavy atom. The van der Waals surface area contributed by atoms with Crippen LogP contribution in [-0.2, 0) is 11.2 Å². The maximum absolute atomic E-state index is 12.8. The summed E-state index contributed by atoms with van der Waals surface area (Å²) < 4.78 is 10.7. The van der Waals surface area contributed by atoms with E-state index in [2.05, 4.69) is 4.98 Å². The van der Waals surface area contributed by atoms with Crippen LogP contribution in [-0.4, -0.2) is 47.6 Å². The van der Waals surface area contributed by atoms with Crippen molar-refractivity contribution >= 4 is 11.9 Å². The van der Waals surface area contributed by atoms with Crippen molar-refractivity contribution in [3.05, 3.63) is 47.3 Å². The molecular weight excluding hydrogens is 324 g/mol. The SMILES string of the molecule is COc1cc2c(cc1OC)C(CC(=O)O)N(C(=O)c1ccc[nH]1)CC2. The Morgan fingerprint density at radius 3 is 2.60 bits per heavy atom. The lowest BCUT2D eigenvalue weighted by atomic mass is 9.89. The van der Waals surface area contributed by atoms with E-state index < -0.39 is 12.0 Å². The van der Waals surface area contributed by atoms with Crippen molar-refractivity contribution in [3.8, 4) is 11.5 Å². The minimum atomic E-state index is -0.961. The van der Waals surface area contributed by atoms with E-state index in [4.69, 9.17) is 9.47 Å². The molecule has 0 bridgehead atoms. The van der Waals surface area contributed by atoms with E-state index in [1.54, 1.807) is 36.4 Å². The summed E-state index contributed by atoms with van der Waals surface area (Å²) in [4.78, 5) is 28.7. The fourth-order valence-corrected chi connectivity index (χ4v) is 3.27. The highest BCUT2D eigenvalue weighted by atomic mass is 16.5. The van der Waals surface area contributed by atoms with Gasteiger partial charge in [0.05, 0.1) is 26.7 Å². The third kappa shape index (κ3) is 3.17. The highest BCUT2D eigenvalue weighted by Gasteiger charge is 2.34. The number of carboxylic acid groups (broad SMARTS) is 1. The van der Waals surface area contributed by atoms with E-state index in [-0.39, 0.29) is 12.3 Å². The second-order valence-electron chi connectivity index (χ2n) is 5.85. The molecule has 25 heavy (non-hydrogen) atoms. The molecule has 1 amide bonds. The number of methoxy groups -OCH3 is 2. The summed E-state index contributed by atoms with van der Waals surface area (Å²) >= 11 is 0. The number of amides is 1.